The van der Waals surface area contributed by atoms with Crippen molar-refractivity contribution < 1.29 is 4.74 Å². The molecule has 0 saturated heterocycles. The summed E-state index contributed by atoms with van der Waals surface area (Å²) in [5.74, 6) is 1.76. The number of nitrogens with zero attached hydrogens (tertiary/aromatic N) is 2. The average molecular weight is 353 g/mol. The number of para-hydroxylation sites is 2. The van der Waals surface area contributed by atoms with Crippen molar-refractivity contribution in [2.45, 2.75) is 52.1 Å². The Labute approximate surface area is 152 Å². The summed E-state index contributed by atoms with van der Waals surface area (Å²) in [6, 6.07) is 8.15. The van der Waals surface area contributed by atoms with E-state index in [1.54, 1.807) is 17.7 Å². The lowest BCUT2D eigenvalue weighted by Gasteiger charge is -2.24. The molecule has 1 aliphatic rings. The molecule has 1 fully saturated rings. The van der Waals surface area contributed by atoms with Crippen molar-refractivity contribution in [3.8, 4) is 5.75 Å². The van der Waals surface area contributed by atoms with Crippen molar-refractivity contribution in [2.24, 2.45) is 0 Å². The number of hydrogen-bond donors (Lipinski definition) is 1. The Morgan fingerprint density at radius 2 is 1.88 bits per heavy atom. The van der Waals surface area contributed by atoms with Crippen molar-refractivity contribution in [3.05, 3.63) is 41.0 Å². The lowest BCUT2D eigenvalue weighted by atomic mass is 9.98. The number of benzene rings is 1. The number of rotatable bonds is 4. The van der Waals surface area contributed by atoms with Crippen LogP contribution in [0.25, 0.3) is 10.2 Å². The van der Waals surface area contributed by atoms with Crippen LogP contribution in [-0.4, -0.2) is 16.1 Å². The molecule has 1 aliphatic carbocycles. The van der Waals surface area contributed by atoms with Crippen molar-refractivity contribution in [3.63, 3.8) is 0 Å². The number of nitrogens with one attached hydrogen (secondary N) is 1. The van der Waals surface area contributed by atoms with E-state index in [9.17, 15) is 0 Å². The number of aryl methyl sites for hydroxylation is 2. The Bertz CT molecular complexity index is 884. The smallest absolute Gasteiger partial charge is 0.143 e. The van der Waals surface area contributed by atoms with Gasteiger partial charge in [0.1, 0.15) is 22.7 Å². The molecule has 130 valence electrons. The zero-order valence-electron chi connectivity index (χ0n) is 14.7. The molecular weight excluding hydrogens is 330 g/mol. The Hall–Kier alpha value is -2.14. The van der Waals surface area contributed by atoms with Crippen LogP contribution in [0.1, 0.15) is 42.5 Å². The second-order valence-electron chi connectivity index (χ2n) is 6.68. The van der Waals surface area contributed by atoms with Gasteiger partial charge < -0.3 is 10.1 Å². The topological polar surface area (TPSA) is 47.0 Å². The van der Waals surface area contributed by atoms with Gasteiger partial charge in [0.2, 0.25) is 0 Å². The number of anilines is 2. The predicted octanol–water partition coefficient (Wildman–Crippen LogP) is 5.76. The van der Waals surface area contributed by atoms with E-state index in [2.05, 4.69) is 35.2 Å². The fraction of sp³-hybridized carbons (Fsp3) is 0.400. The van der Waals surface area contributed by atoms with Gasteiger partial charge in [0.25, 0.3) is 0 Å². The van der Waals surface area contributed by atoms with Gasteiger partial charge in [-0.3, -0.25) is 0 Å². The van der Waals surface area contributed by atoms with Gasteiger partial charge in [-0.15, -0.1) is 11.3 Å². The standard InChI is InChI=1S/C20H23N3OS/c1-13-14(2)25-20-18(13)19(21-12-22-20)23-16-10-6-7-11-17(16)24-15-8-4-3-5-9-15/h6-7,10-12,15H,3-5,8-9H2,1-2H3,(H,21,22,23). The first kappa shape index (κ1) is 16.3. The maximum Gasteiger partial charge on any atom is 0.143 e. The second kappa shape index (κ2) is 7.00. The van der Waals surface area contributed by atoms with Gasteiger partial charge in [-0.05, 0) is 57.2 Å². The summed E-state index contributed by atoms with van der Waals surface area (Å²) in [5.41, 5.74) is 2.21. The van der Waals surface area contributed by atoms with Crippen LogP contribution in [0.2, 0.25) is 0 Å². The van der Waals surface area contributed by atoms with E-state index >= 15 is 0 Å². The molecule has 0 radical (unpaired) electrons. The quantitative estimate of drug-likeness (QED) is 0.647. The molecule has 25 heavy (non-hydrogen) atoms. The predicted molar refractivity (Wildman–Crippen MR) is 104 cm³/mol. The Morgan fingerprint density at radius 1 is 1.08 bits per heavy atom. The molecule has 0 bridgehead atoms. The van der Waals surface area contributed by atoms with E-state index in [1.807, 2.05) is 18.2 Å². The maximum absolute atomic E-state index is 6.30. The maximum atomic E-state index is 6.30. The molecule has 0 atom stereocenters. The zero-order valence-corrected chi connectivity index (χ0v) is 15.5. The summed E-state index contributed by atoms with van der Waals surface area (Å²) >= 11 is 1.71. The molecule has 0 aliphatic heterocycles. The van der Waals surface area contributed by atoms with Gasteiger partial charge in [0.15, 0.2) is 0 Å². The van der Waals surface area contributed by atoms with Gasteiger partial charge >= 0.3 is 0 Å². The molecule has 2 aromatic heterocycles. The van der Waals surface area contributed by atoms with Gasteiger partial charge in [0, 0.05) is 4.88 Å². The van der Waals surface area contributed by atoms with Crippen LogP contribution in [0.4, 0.5) is 11.5 Å². The molecule has 0 unspecified atom stereocenters. The van der Waals surface area contributed by atoms with E-state index in [-0.39, 0.29) is 0 Å². The third-order valence-corrected chi connectivity index (χ3v) is 6.07. The molecule has 5 heteroatoms. The van der Waals surface area contributed by atoms with Gasteiger partial charge in [-0.2, -0.15) is 0 Å². The molecule has 4 nitrogen and oxygen atoms in total. The molecule has 4 rings (SSSR count). The highest BCUT2D eigenvalue weighted by atomic mass is 32.1. The monoisotopic (exact) mass is 353 g/mol. The van der Waals surface area contributed by atoms with Gasteiger partial charge in [-0.1, -0.05) is 18.6 Å². The molecule has 2 heterocycles. The summed E-state index contributed by atoms with van der Waals surface area (Å²) in [6.07, 6.45) is 8.11. The molecular formula is C20H23N3OS. The third kappa shape index (κ3) is 3.33. The highest BCUT2D eigenvalue weighted by Gasteiger charge is 2.17. The van der Waals surface area contributed by atoms with Crippen LogP contribution in [0, 0.1) is 13.8 Å². The molecule has 3 aromatic rings. The highest BCUT2D eigenvalue weighted by Crippen LogP contribution is 2.36. The summed E-state index contributed by atoms with van der Waals surface area (Å²) in [4.78, 5) is 11.2. The van der Waals surface area contributed by atoms with Crippen LogP contribution < -0.4 is 10.1 Å². The Balaban J connectivity index is 1.65. The van der Waals surface area contributed by atoms with E-state index < -0.39 is 0 Å². The first-order valence-electron chi connectivity index (χ1n) is 8.96. The Morgan fingerprint density at radius 3 is 2.72 bits per heavy atom. The summed E-state index contributed by atoms with van der Waals surface area (Å²) in [7, 11) is 0. The largest absolute Gasteiger partial charge is 0.488 e. The normalized spacial score (nSPS) is 15.4. The summed E-state index contributed by atoms with van der Waals surface area (Å²) < 4.78 is 6.30. The molecule has 1 N–H and O–H groups in total. The van der Waals surface area contributed by atoms with Crippen molar-refractivity contribution in [2.75, 3.05) is 5.32 Å². The number of ether oxygens (including phenoxy) is 1. The Kier molecular flexibility index (Phi) is 4.57. The van der Waals surface area contributed by atoms with Gasteiger partial charge in [-0.25, -0.2) is 9.97 Å². The summed E-state index contributed by atoms with van der Waals surface area (Å²) in [6.45, 7) is 4.26. The molecule has 1 saturated carbocycles. The third-order valence-electron chi connectivity index (χ3n) is 4.95. The number of aromatic nitrogens is 2. The highest BCUT2D eigenvalue weighted by molar-refractivity contribution is 7.18. The van der Waals surface area contributed by atoms with Crippen molar-refractivity contribution in [1.29, 1.82) is 0 Å². The van der Waals surface area contributed by atoms with Crippen LogP contribution in [0.5, 0.6) is 5.75 Å². The number of fused-ring (bicyclic) bond motifs is 1. The fourth-order valence-electron chi connectivity index (χ4n) is 3.44. The van der Waals surface area contributed by atoms with E-state index in [1.165, 1.54) is 29.7 Å². The van der Waals surface area contributed by atoms with Crippen molar-refractivity contribution in [1.82, 2.24) is 9.97 Å². The molecule has 0 spiro atoms. The van der Waals surface area contributed by atoms with Crippen LogP contribution >= 0.6 is 11.3 Å². The second-order valence-corrected chi connectivity index (χ2v) is 7.89. The average Bonchev–Trinajstić information content (AvgIpc) is 2.93. The lowest BCUT2D eigenvalue weighted by Crippen LogP contribution is -2.20. The van der Waals surface area contributed by atoms with Crippen LogP contribution in [0.3, 0.4) is 0 Å². The van der Waals surface area contributed by atoms with E-state index in [0.29, 0.717) is 6.10 Å². The van der Waals surface area contributed by atoms with Crippen LogP contribution in [-0.2, 0) is 0 Å². The first-order valence-corrected chi connectivity index (χ1v) is 9.77. The number of thiophene rings is 1. The van der Waals surface area contributed by atoms with Gasteiger partial charge in [0.05, 0.1) is 17.2 Å². The minimum Gasteiger partial charge on any atom is -0.488 e. The minimum absolute atomic E-state index is 0.326. The zero-order chi connectivity index (χ0) is 17.2. The lowest BCUT2D eigenvalue weighted by molar-refractivity contribution is 0.156. The van der Waals surface area contributed by atoms with Crippen molar-refractivity contribution >= 4 is 33.1 Å². The minimum atomic E-state index is 0.326. The first-order chi connectivity index (χ1) is 12.2. The molecule has 1 aromatic carbocycles. The summed E-state index contributed by atoms with van der Waals surface area (Å²) in [5, 5.41) is 4.60. The van der Waals surface area contributed by atoms with E-state index in [4.69, 9.17) is 4.74 Å². The fourth-order valence-corrected chi connectivity index (χ4v) is 4.44. The molecule has 0 amide bonds. The van der Waals surface area contributed by atoms with Crippen LogP contribution in [0.15, 0.2) is 30.6 Å². The number of hydrogen-bond acceptors (Lipinski definition) is 5. The SMILES string of the molecule is Cc1sc2ncnc(Nc3ccccc3OC3CCCCC3)c2c1C. The van der Waals surface area contributed by atoms with E-state index in [0.717, 1.165) is 40.3 Å².